The first kappa shape index (κ1) is 15.2. The second-order valence-corrected chi connectivity index (χ2v) is 5.58. The molecule has 0 radical (unpaired) electrons. The normalized spacial score (nSPS) is 16.3. The van der Waals surface area contributed by atoms with Gasteiger partial charge in [-0.2, -0.15) is 0 Å². The van der Waals surface area contributed by atoms with Crippen LogP contribution in [0.5, 0.6) is 5.88 Å². The molecule has 0 aliphatic heterocycles. The van der Waals surface area contributed by atoms with E-state index in [2.05, 4.69) is 17.2 Å². The number of rotatable bonds is 7. The van der Waals surface area contributed by atoms with Gasteiger partial charge in [-0.3, -0.25) is 0 Å². The van der Waals surface area contributed by atoms with Crippen LogP contribution in [0.15, 0.2) is 12.3 Å². The third kappa shape index (κ3) is 4.44. The Morgan fingerprint density at radius 3 is 2.90 bits per heavy atom. The van der Waals surface area contributed by atoms with Crippen molar-refractivity contribution in [3.8, 4) is 5.88 Å². The zero-order chi connectivity index (χ0) is 14.2. The zero-order valence-electron chi connectivity index (χ0n) is 12.3. The van der Waals surface area contributed by atoms with Gasteiger partial charge in [-0.1, -0.05) is 26.2 Å². The topological polar surface area (TPSA) is 34.2 Å². The van der Waals surface area contributed by atoms with E-state index in [0.29, 0.717) is 24.6 Å². The minimum absolute atomic E-state index is 0.159. The Labute approximate surface area is 120 Å². The van der Waals surface area contributed by atoms with E-state index in [4.69, 9.17) is 4.74 Å². The van der Waals surface area contributed by atoms with Crippen LogP contribution >= 0.6 is 0 Å². The molecule has 0 spiro atoms. The maximum atomic E-state index is 14.2. The van der Waals surface area contributed by atoms with Crippen molar-refractivity contribution < 1.29 is 9.13 Å². The third-order valence-electron chi connectivity index (χ3n) is 3.86. The molecule has 0 aromatic carbocycles. The first-order valence-electron chi connectivity index (χ1n) is 7.78. The minimum Gasteiger partial charge on any atom is -0.475 e. The van der Waals surface area contributed by atoms with E-state index < -0.39 is 0 Å². The highest BCUT2D eigenvalue weighted by Gasteiger charge is 2.16. The van der Waals surface area contributed by atoms with Crippen molar-refractivity contribution >= 4 is 0 Å². The summed E-state index contributed by atoms with van der Waals surface area (Å²) in [6.07, 6.45) is 8.91. The molecule has 112 valence electrons. The van der Waals surface area contributed by atoms with Crippen LogP contribution in [0.25, 0.3) is 0 Å². The molecule has 1 fully saturated rings. The Morgan fingerprint density at radius 2 is 2.15 bits per heavy atom. The third-order valence-corrected chi connectivity index (χ3v) is 3.86. The van der Waals surface area contributed by atoms with Gasteiger partial charge in [0.15, 0.2) is 5.82 Å². The van der Waals surface area contributed by atoms with Crippen molar-refractivity contribution in [2.45, 2.75) is 52.0 Å². The summed E-state index contributed by atoms with van der Waals surface area (Å²) in [6.45, 7) is 4.10. The lowest BCUT2D eigenvalue weighted by Gasteiger charge is -2.21. The van der Waals surface area contributed by atoms with Gasteiger partial charge in [-0.15, -0.1) is 0 Å². The number of hydrogen-bond donors (Lipinski definition) is 1. The molecule has 0 bridgehead atoms. The number of nitrogens with one attached hydrogen (secondary N) is 1. The lowest BCUT2D eigenvalue weighted by atomic mass is 9.90. The summed E-state index contributed by atoms with van der Waals surface area (Å²) < 4.78 is 19.8. The molecule has 0 saturated heterocycles. The van der Waals surface area contributed by atoms with Gasteiger partial charge in [-0.05, 0) is 37.8 Å². The molecule has 1 heterocycles. The Kier molecular flexibility index (Phi) is 6.25. The van der Waals surface area contributed by atoms with Gasteiger partial charge in [0, 0.05) is 18.3 Å². The molecule has 1 aromatic heterocycles. The average molecular weight is 280 g/mol. The Balaban J connectivity index is 1.88. The molecule has 3 nitrogen and oxygen atoms in total. The van der Waals surface area contributed by atoms with Crippen molar-refractivity contribution in [3.05, 3.63) is 23.6 Å². The van der Waals surface area contributed by atoms with Gasteiger partial charge < -0.3 is 10.1 Å². The Hall–Kier alpha value is -1.16. The van der Waals surface area contributed by atoms with Crippen LogP contribution in [0.3, 0.4) is 0 Å². The SMILES string of the molecule is CCCNCc1ccnc(OCC2CCCCC2)c1F. The number of aromatic nitrogens is 1. The molecule has 0 unspecified atom stereocenters. The van der Waals surface area contributed by atoms with Crippen molar-refractivity contribution in [1.82, 2.24) is 10.3 Å². The van der Waals surface area contributed by atoms with E-state index >= 15 is 0 Å². The molecule has 1 saturated carbocycles. The van der Waals surface area contributed by atoms with Crippen molar-refractivity contribution in [1.29, 1.82) is 0 Å². The van der Waals surface area contributed by atoms with Crippen molar-refractivity contribution in [2.75, 3.05) is 13.2 Å². The minimum atomic E-state index is -0.313. The average Bonchev–Trinajstić information content (AvgIpc) is 2.49. The summed E-state index contributed by atoms with van der Waals surface area (Å²) in [4.78, 5) is 4.03. The highest BCUT2D eigenvalue weighted by molar-refractivity contribution is 5.23. The fourth-order valence-corrected chi connectivity index (χ4v) is 2.65. The molecule has 0 atom stereocenters. The van der Waals surface area contributed by atoms with E-state index in [-0.39, 0.29) is 11.7 Å². The number of pyridine rings is 1. The fourth-order valence-electron chi connectivity index (χ4n) is 2.65. The van der Waals surface area contributed by atoms with Crippen LogP contribution < -0.4 is 10.1 Å². The van der Waals surface area contributed by atoms with Crippen LogP contribution in [-0.2, 0) is 6.54 Å². The molecular weight excluding hydrogens is 255 g/mol. The molecule has 20 heavy (non-hydrogen) atoms. The highest BCUT2D eigenvalue weighted by Crippen LogP contribution is 2.25. The maximum Gasteiger partial charge on any atom is 0.250 e. The van der Waals surface area contributed by atoms with Gasteiger partial charge in [0.25, 0.3) is 5.88 Å². The van der Waals surface area contributed by atoms with Gasteiger partial charge >= 0.3 is 0 Å². The smallest absolute Gasteiger partial charge is 0.250 e. The van der Waals surface area contributed by atoms with Gasteiger partial charge in [0.1, 0.15) is 0 Å². The van der Waals surface area contributed by atoms with Gasteiger partial charge in [-0.25, -0.2) is 9.37 Å². The van der Waals surface area contributed by atoms with Crippen LogP contribution in [0.1, 0.15) is 51.0 Å². The van der Waals surface area contributed by atoms with Crippen LogP contribution in [-0.4, -0.2) is 18.1 Å². The molecule has 1 aliphatic rings. The molecule has 1 N–H and O–H groups in total. The van der Waals surface area contributed by atoms with Crippen LogP contribution in [0.2, 0.25) is 0 Å². The van der Waals surface area contributed by atoms with E-state index in [1.165, 1.54) is 32.1 Å². The van der Waals surface area contributed by atoms with E-state index in [9.17, 15) is 4.39 Å². The molecule has 4 heteroatoms. The zero-order valence-corrected chi connectivity index (χ0v) is 12.3. The van der Waals surface area contributed by atoms with E-state index in [1.54, 1.807) is 12.3 Å². The van der Waals surface area contributed by atoms with Crippen LogP contribution in [0.4, 0.5) is 4.39 Å². The van der Waals surface area contributed by atoms with Gasteiger partial charge in [0.2, 0.25) is 0 Å². The fraction of sp³-hybridized carbons (Fsp3) is 0.688. The van der Waals surface area contributed by atoms with Crippen molar-refractivity contribution in [2.24, 2.45) is 5.92 Å². The number of nitrogens with zero attached hydrogens (tertiary/aromatic N) is 1. The van der Waals surface area contributed by atoms with Gasteiger partial charge in [0.05, 0.1) is 6.61 Å². The lowest BCUT2D eigenvalue weighted by Crippen LogP contribution is -2.18. The van der Waals surface area contributed by atoms with E-state index in [1.807, 2.05) is 0 Å². The summed E-state index contributed by atoms with van der Waals surface area (Å²) in [5, 5.41) is 3.20. The second-order valence-electron chi connectivity index (χ2n) is 5.58. The monoisotopic (exact) mass is 280 g/mol. The lowest BCUT2D eigenvalue weighted by molar-refractivity contribution is 0.195. The Bertz CT molecular complexity index is 405. The summed E-state index contributed by atoms with van der Waals surface area (Å²) in [5.74, 6) is 0.408. The molecule has 2 rings (SSSR count). The first-order valence-corrected chi connectivity index (χ1v) is 7.78. The summed E-state index contributed by atoms with van der Waals surface area (Å²) in [5.41, 5.74) is 0.632. The number of halogens is 1. The molecule has 1 aromatic rings. The standard InChI is InChI=1S/C16H25FN2O/c1-2-9-18-11-14-8-10-19-16(15(14)17)20-12-13-6-4-3-5-7-13/h8,10,13,18H,2-7,9,11-12H2,1H3. The van der Waals surface area contributed by atoms with E-state index in [0.717, 1.165) is 13.0 Å². The second kappa shape index (κ2) is 8.20. The summed E-state index contributed by atoms with van der Waals surface area (Å²) >= 11 is 0. The predicted molar refractivity (Wildman–Crippen MR) is 78.3 cm³/mol. The first-order chi connectivity index (χ1) is 9.81. The number of ether oxygens (including phenoxy) is 1. The quantitative estimate of drug-likeness (QED) is 0.774. The van der Waals surface area contributed by atoms with Crippen LogP contribution in [0, 0.1) is 11.7 Å². The summed E-state index contributed by atoms with van der Waals surface area (Å²) in [6, 6.07) is 1.71. The highest BCUT2D eigenvalue weighted by atomic mass is 19.1. The molecular formula is C16H25FN2O. The Morgan fingerprint density at radius 1 is 1.35 bits per heavy atom. The summed E-state index contributed by atoms with van der Waals surface area (Å²) in [7, 11) is 0. The van der Waals surface area contributed by atoms with Crippen molar-refractivity contribution in [3.63, 3.8) is 0 Å². The molecule has 1 aliphatic carbocycles. The largest absolute Gasteiger partial charge is 0.475 e. The number of hydrogen-bond acceptors (Lipinski definition) is 3. The maximum absolute atomic E-state index is 14.2. The molecule has 0 amide bonds. The predicted octanol–water partition coefficient (Wildman–Crippen LogP) is 3.68.